The first kappa shape index (κ1) is 29.4. The van der Waals surface area contributed by atoms with Gasteiger partial charge in [0.05, 0.1) is 11.9 Å². The minimum Gasteiger partial charge on any atom is -0.354 e. The quantitative estimate of drug-likeness (QED) is 0.426. The van der Waals surface area contributed by atoms with Gasteiger partial charge in [0.15, 0.2) is 0 Å². The van der Waals surface area contributed by atoms with Gasteiger partial charge in [-0.3, -0.25) is 13.9 Å². The first-order valence-corrected chi connectivity index (χ1v) is 14.5. The van der Waals surface area contributed by atoms with Crippen LogP contribution in [0.25, 0.3) is 0 Å². The van der Waals surface area contributed by atoms with Gasteiger partial charge in [0.1, 0.15) is 6.04 Å². The number of hydrogen-bond donors (Lipinski definition) is 1. The first-order valence-electron chi connectivity index (χ1n) is 12.6. The molecule has 0 aliphatic heterocycles. The summed E-state index contributed by atoms with van der Waals surface area (Å²) in [5, 5.41) is 2.92. The second-order valence-electron chi connectivity index (χ2n) is 9.51. The monoisotopic (exact) mass is 515 g/mol. The molecule has 2 aromatic carbocycles. The fourth-order valence-corrected chi connectivity index (χ4v) is 5.34. The van der Waals surface area contributed by atoms with Crippen molar-refractivity contribution in [1.29, 1.82) is 0 Å². The minimum atomic E-state index is -3.52. The normalized spacial score (nSPS) is 12.2. The topological polar surface area (TPSA) is 86.8 Å². The molecule has 1 atom stereocenters. The Balaban J connectivity index is 2.23. The van der Waals surface area contributed by atoms with Crippen LogP contribution in [0.15, 0.2) is 42.5 Å². The Morgan fingerprint density at radius 1 is 0.972 bits per heavy atom. The fourth-order valence-electron chi connectivity index (χ4n) is 4.39. The summed E-state index contributed by atoms with van der Waals surface area (Å²) >= 11 is 0. The molecular formula is C28H41N3O4S. The van der Waals surface area contributed by atoms with Crippen molar-refractivity contribution in [3.8, 4) is 0 Å². The molecule has 0 aliphatic carbocycles. The average Bonchev–Trinajstić information content (AvgIpc) is 2.78. The molecule has 8 heteroatoms. The number of nitrogens with zero attached hydrogens (tertiary/aromatic N) is 2. The summed E-state index contributed by atoms with van der Waals surface area (Å²) in [7, 11) is -3.52. The van der Waals surface area contributed by atoms with E-state index in [1.807, 2.05) is 77.1 Å². The number of sulfonamides is 1. The molecule has 0 aliphatic rings. The zero-order valence-corrected chi connectivity index (χ0v) is 23.3. The van der Waals surface area contributed by atoms with Crippen LogP contribution >= 0.6 is 0 Å². The molecule has 0 unspecified atom stereocenters. The molecule has 1 N–H and O–H groups in total. The summed E-state index contributed by atoms with van der Waals surface area (Å²) in [6.45, 7) is 10.8. The van der Waals surface area contributed by atoms with E-state index >= 15 is 0 Å². The number of hydrogen-bond acceptors (Lipinski definition) is 4. The number of aryl methyl sites for hydroxylation is 3. The van der Waals surface area contributed by atoms with Gasteiger partial charge in [-0.25, -0.2) is 8.42 Å². The van der Waals surface area contributed by atoms with E-state index in [0.29, 0.717) is 31.6 Å². The second-order valence-corrected chi connectivity index (χ2v) is 11.4. The summed E-state index contributed by atoms with van der Waals surface area (Å²) in [6, 6.07) is 13.0. The lowest BCUT2D eigenvalue weighted by Gasteiger charge is -2.31. The van der Waals surface area contributed by atoms with E-state index < -0.39 is 16.1 Å². The molecule has 2 amide bonds. The summed E-state index contributed by atoms with van der Waals surface area (Å²) in [5.74, 6) is -0.322. The Labute approximate surface area is 216 Å². The van der Waals surface area contributed by atoms with Crippen LogP contribution in [0.3, 0.4) is 0 Å². The standard InChI is InChI=1S/C28H41N3O4S/c1-7-14-29-28(33)26(8-2)30(20-24-12-9-11-21(3)17-24)27(32)13-10-15-31(36(6,34)35)25-18-22(4)16-23(5)19-25/h9,11-12,16-19,26H,7-8,10,13-15,20H2,1-6H3,(H,29,33)/t26-/m0/s1. The lowest BCUT2D eigenvalue weighted by molar-refractivity contribution is -0.141. The van der Waals surface area contributed by atoms with E-state index in [0.717, 1.165) is 28.7 Å². The maximum atomic E-state index is 13.5. The third-order valence-electron chi connectivity index (χ3n) is 6.02. The van der Waals surface area contributed by atoms with Crippen molar-refractivity contribution in [3.63, 3.8) is 0 Å². The van der Waals surface area contributed by atoms with Crippen LogP contribution in [0.2, 0.25) is 0 Å². The highest BCUT2D eigenvalue weighted by Gasteiger charge is 2.28. The van der Waals surface area contributed by atoms with Gasteiger partial charge < -0.3 is 10.2 Å². The number of carbonyl (C=O) groups is 2. The maximum absolute atomic E-state index is 13.5. The molecule has 0 heterocycles. The van der Waals surface area contributed by atoms with Gasteiger partial charge >= 0.3 is 0 Å². The van der Waals surface area contributed by atoms with Crippen molar-refractivity contribution in [2.24, 2.45) is 0 Å². The lowest BCUT2D eigenvalue weighted by atomic mass is 10.1. The van der Waals surface area contributed by atoms with Crippen LogP contribution in [0.1, 0.15) is 61.8 Å². The fraction of sp³-hybridized carbons (Fsp3) is 0.500. The predicted octanol–water partition coefficient (Wildman–Crippen LogP) is 4.49. The van der Waals surface area contributed by atoms with E-state index in [-0.39, 0.29) is 24.8 Å². The Bertz CT molecular complexity index is 1130. The third kappa shape index (κ3) is 8.66. The lowest BCUT2D eigenvalue weighted by Crippen LogP contribution is -2.49. The van der Waals surface area contributed by atoms with Crippen LogP contribution in [-0.2, 0) is 26.2 Å². The molecule has 0 saturated carbocycles. The molecule has 198 valence electrons. The zero-order chi connectivity index (χ0) is 26.9. The summed E-state index contributed by atoms with van der Waals surface area (Å²) in [5.41, 5.74) is 4.59. The smallest absolute Gasteiger partial charge is 0.242 e. The van der Waals surface area contributed by atoms with Crippen molar-refractivity contribution in [1.82, 2.24) is 10.2 Å². The molecule has 36 heavy (non-hydrogen) atoms. The summed E-state index contributed by atoms with van der Waals surface area (Å²) in [6.07, 6.45) is 2.97. The van der Waals surface area contributed by atoms with Gasteiger partial charge in [-0.15, -0.1) is 0 Å². The van der Waals surface area contributed by atoms with Crippen molar-refractivity contribution >= 4 is 27.5 Å². The summed E-state index contributed by atoms with van der Waals surface area (Å²) < 4.78 is 26.5. The van der Waals surface area contributed by atoms with Crippen molar-refractivity contribution < 1.29 is 18.0 Å². The van der Waals surface area contributed by atoms with Gasteiger partial charge in [0.2, 0.25) is 21.8 Å². The van der Waals surface area contributed by atoms with Crippen LogP contribution in [0.4, 0.5) is 5.69 Å². The minimum absolute atomic E-state index is 0.139. The molecule has 2 rings (SSSR count). The Morgan fingerprint density at radius 2 is 1.64 bits per heavy atom. The number of rotatable bonds is 13. The third-order valence-corrected chi connectivity index (χ3v) is 7.21. The van der Waals surface area contributed by atoms with Gasteiger partial charge in [0, 0.05) is 26.1 Å². The second kappa shape index (κ2) is 13.4. The zero-order valence-electron chi connectivity index (χ0n) is 22.5. The van der Waals surface area contributed by atoms with Crippen LogP contribution in [0, 0.1) is 20.8 Å². The number of nitrogens with one attached hydrogen (secondary N) is 1. The molecule has 2 aromatic rings. The molecule has 0 fully saturated rings. The van der Waals surface area contributed by atoms with Gasteiger partial charge in [-0.2, -0.15) is 0 Å². The number of amides is 2. The maximum Gasteiger partial charge on any atom is 0.242 e. The Morgan fingerprint density at radius 3 is 2.19 bits per heavy atom. The highest BCUT2D eigenvalue weighted by Crippen LogP contribution is 2.22. The van der Waals surface area contributed by atoms with E-state index in [2.05, 4.69) is 5.32 Å². The van der Waals surface area contributed by atoms with Crippen molar-refractivity contribution in [3.05, 3.63) is 64.7 Å². The van der Waals surface area contributed by atoms with E-state index in [1.54, 1.807) is 4.90 Å². The highest BCUT2D eigenvalue weighted by molar-refractivity contribution is 7.92. The molecular weight excluding hydrogens is 474 g/mol. The highest BCUT2D eigenvalue weighted by atomic mass is 32.2. The molecule has 0 bridgehead atoms. The predicted molar refractivity (Wildman–Crippen MR) is 146 cm³/mol. The van der Waals surface area contributed by atoms with Crippen LogP contribution in [-0.4, -0.2) is 50.5 Å². The van der Waals surface area contributed by atoms with Crippen LogP contribution < -0.4 is 9.62 Å². The summed E-state index contributed by atoms with van der Waals surface area (Å²) in [4.78, 5) is 28.0. The SMILES string of the molecule is CCCNC(=O)[C@H](CC)N(Cc1cccc(C)c1)C(=O)CCCN(c1cc(C)cc(C)c1)S(C)(=O)=O. The first-order chi connectivity index (χ1) is 17.0. The molecule has 0 spiro atoms. The van der Waals surface area contributed by atoms with Crippen LogP contribution in [0.5, 0.6) is 0 Å². The van der Waals surface area contributed by atoms with Crippen molar-refractivity contribution in [2.75, 3.05) is 23.7 Å². The number of benzene rings is 2. The molecule has 0 saturated heterocycles. The van der Waals surface area contributed by atoms with Gasteiger partial charge in [-0.05, 0) is 68.9 Å². The van der Waals surface area contributed by atoms with Crippen molar-refractivity contribution in [2.45, 2.75) is 72.9 Å². The largest absolute Gasteiger partial charge is 0.354 e. The molecule has 0 aromatic heterocycles. The van der Waals surface area contributed by atoms with Gasteiger partial charge in [-0.1, -0.05) is 49.7 Å². The Kier molecular flexibility index (Phi) is 11.0. The molecule has 0 radical (unpaired) electrons. The van der Waals surface area contributed by atoms with E-state index in [9.17, 15) is 18.0 Å². The molecule has 7 nitrogen and oxygen atoms in total. The average molecular weight is 516 g/mol. The Hall–Kier alpha value is -2.87. The number of carbonyl (C=O) groups excluding carboxylic acids is 2. The van der Waals surface area contributed by atoms with E-state index in [1.165, 1.54) is 10.6 Å². The number of anilines is 1. The van der Waals surface area contributed by atoms with E-state index in [4.69, 9.17) is 0 Å². The van der Waals surface area contributed by atoms with Gasteiger partial charge in [0.25, 0.3) is 0 Å².